The minimum atomic E-state index is -1.20. The van der Waals surface area contributed by atoms with Gasteiger partial charge in [-0.3, -0.25) is 9.78 Å². The average molecular weight is 293 g/mol. The van der Waals surface area contributed by atoms with Crippen LogP contribution in [0, 0.1) is 0 Å². The molecular formula is C15H23N3O3. The van der Waals surface area contributed by atoms with E-state index in [4.69, 9.17) is 0 Å². The molecule has 1 aromatic heterocycles. The van der Waals surface area contributed by atoms with Crippen LogP contribution in [0.1, 0.15) is 39.0 Å². The zero-order chi connectivity index (χ0) is 15.5. The van der Waals surface area contributed by atoms with Gasteiger partial charge in [-0.2, -0.15) is 0 Å². The van der Waals surface area contributed by atoms with E-state index >= 15 is 0 Å². The first-order valence-electron chi connectivity index (χ1n) is 7.37. The first-order chi connectivity index (χ1) is 10.1. The number of quaternary nitrogens is 1. The van der Waals surface area contributed by atoms with Gasteiger partial charge in [-0.15, -0.1) is 0 Å². The predicted octanol–water partition coefficient (Wildman–Crippen LogP) is -0.328. The third-order valence-corrected chi connectivity index (χ3v) is 3.16. The molecule has 0 spiro atoms. The van der Waals surface area contributed by atoms with E-state index in [1.54, 1.807) is 23.6 Å². The van der Waals surface area contributed by atoms with E-state index in [9.17, 15) is 14.7 Å². The Morgan fingerprint density at radius 1 is 1.38 bits per heavy atom. The number of hydrogen-bond donors (Lipinski definition) is 2. The lowest BCUT2D eigenvalue weighted by Gasteiger charge is -2.16. The summed E-state index contributed by atoms with van der Waals surface area (Å²) in [6.07, 6.45) is 7.31. The highest BCUT2D eigenvalue weighted by Crippen LogP contribution is 2.03. The van der Waals surface area contributed by atoms with Crippen LogP contribution >= 0.6 is 0 Å². The Morgan fingerprint density at radius 2 is 2.19 bits per heavy atom. The lowest BCUT2D eigenvalue weighted by molar-refractivity contribution is -0.682. The second-order valence-corrected chi connectivity index (χ2v) is 5.00. The van der Waals surface area contributed by atoms with Gasteiger partial charge in [-0.1, -0.05) is 19.8 Å². The van der Waals surface area contributed by atoms with Gasteiger partial charge in [0.2, 0.25) is 5.91 Å². The van der Waals surface area contributed by atoms with E-state index in [2.05, 4.69) is 17.2 Å². The Kier molecular flexibility index (Phi) is 8.04. The predicted molar refractivity (Wildman–Crippen MR) is 77.2 cm³/mol. The molecule has 0 aromatic carbocycles. The summed E-state index contributed by atoms with van der Waals surface area (Å²) in [6, 6.07) is 2.56. The maximum absolute atomic E-state index is 11.8. The van der Waals surface area contributed by atoms with E-state index < -0.39 is 12.0 Å². The maximum atomic E-state index is 11.8. The lowest BCUT2D eigenvalue weighted by atomic mass is 10.1. The molecular weight excluding hydrogens is 270 g/mol. The summed E-state index contributed by atoms with van der Waals surface area (Å²) in [5.41, 5.74) is 0.558. The lowest BCUT2D eigenvalue weighted by Crippen LogP contribution is -2.93. The fraction of sp³-hybridized carbons (Fsp3) is 0.533. The second-order valence-electron chi connectivity index (χ2n) is 5.00. The Bertz CT molecular complexity index is 437. The summed E-state index contributed by atoms with van der Waals surface area (Å²) in [7, 11) is 0. The van der Waals surface area contributed by atoms with Gasteiger partial charge in [-0.25, -0.2) is 0 Å². The average Bonchev–Trinajstić information content (AvgIpc) is 2.46. The number of unbranched alkanes of at least 4 members (excludes halogenated alkanes) is 3. The largest absolute Gasteiger partial charge is 0.544 e. The number of carboxylic acid groups (broad SMARTS) is 1. The Labute approximate surface area is 125 Å². The number of nitrogens with zero attached hydrogens (tertiary/aromatic N) is 1. The highest BCUT2D eigenvalue weighted by molar-refractivity contribution is 5.93. The molecule has 0 radical (unpaired) electrons. The van der Waals surface area contributed by atoms with Crippen molar-refractivity contribution in [3.05, 3.63) is 24.5 Å². The Hall–Kier alpha value is -1.95. The fourth-order valence-corrected chi connectivity index (χ4v) is 2.00. The minimum absolute atomic E-state index is 0.106. The third-order valence-electron chi connectivity index (χ3n) is 3.16. The highest BCUT2D eigenvalue weighted by Gasteiger charge is 2.18. The molecule has 0 saturated carbocycles. The summed E-state index contributed by atoms with van der Waals surface area (Å²) in [6.45, 7) is 2.81. The molecule has 1 aromatic rings. The molecule has 0 aliphatic carbocycles. The van der Waals surface area contributed by atoms with Crippen molar-refractivity contribution >= 4 is 17.6 Å². The van der Waals surface area contributed by atoms with Crippen molar-refractivity contribution < 1.29 is 20.0 Å². The monoisotopic (exact) mass is 293 g/mol. The number of carbonyl (C=O) groups excluding carboxylic acids is 2. The quantitative estimate of drug-likeness (QED) is 0.577. The summed E-state index contributed by atoms with van der Waals surface area (Å²) < 4.78 is 0. The summed E-state index contributed by atoms with van der Waals surface area (Å²) >= 11 is 0. The van der Waals surface area contributed by atoms with E-state index in [-0.39, 0.29) is 12.3 Å². The molecule has 1 heterocycles. The first kappa shape index (κ1) is 17.1. The third kappa shape index (κ3) is 7.41. The number of anilines is 1. The van der Waals surface area contributed by atoms with Crippen LogP contribution in [-0.4, -0.2) is 29.4 Å². The van der Waals surface area contributed by atoms with Crippen molar-refractivity contribution in [3.8, 4) is 0 Å². The number of pyridine rings is 1. The molecule has 1 atom stereocenters. The number of nitrogens with two attached hydrogens (primary N) is 1. The SMILES string of the molecule is CCCCCC[NH2+][C@@H](CC(=O)Nc1cccnc1)C(=O)[O-]. The zero-order valence-electron chi connectivity index (χ0n) is 12.4. The minimum Gasteiger partial charge on any atom is -0.544 e. The van der Waals surface area contributed by atoms with Crippen molar-refractivity contribution in [1.82, 2.24) is 4.98 Å². The molecule has 0 aliphatic rings. The van der Waals surface area contributed by atoms with E-state index in [0.717, 1.165) is 25.7 Å². The summed E-state index contributed by atoms with van der Waals surface area (Å²) in [5.74, 6) is -1.55. The Balaban J connectivity index is 2.36. The van der Waals surface area contributed by atoms with E-state index in [0.29, 0.717) is 12.2 Å². The van der Waals surface area contributed by atoms with E-state index in [1.807, 2.05) is 0 Å². The maximum Gasteiger partial charge on any atom is 0.230 e. The van der Waals surface area contributed by atoms with Crippen molar-refractivity contribution in [2.75, 3.05) is 11.9 Å². The summed E-state index contributed by atoms with van der Waals surface area (Å²) in [5, 5.41) is 15.4. The normalized spacial score (nSPS) is 11.9. The van der Waals surface area contributed by atoms with Crippen LogP contribution in [0.15, 0.2) is 24.5 Å². The van der Waals surface area contributed by atoms with Gasteiger partial charge in [0.05, 0.1) is 30.8 Å². The van der Waals surface area contributed by atoms with Crippen LogP contribution in [-0.2, 0) is 9.59 Å². The molecule has 1 amide bonds. The smallest absolute Gasteiger partial charge is 0.230 e. The van der Waals surface area contributed by atoms with Gasteiger partial charge in [0.1, 0.15) is 6.04 Å². The molecule has 0 fully saturated rings. The number of nitrogens with one attached hydrogen (secondary N) is 1. The number of rotatable bonds is 10. The van der Waals surface area contributed by atoms with Crippen molar-refractivity contribution in [2.24, 2.45) is 0 Å². The fourth-order valence-electron chi connectivity index (χ4n) is 2.00. The zero-order valence-corrected chi connectivity index (χ0v) is 12.4. The molecule has 21 heavy (non-hydrogen) atoms. The number of hydrogen-bond acceptors (Lipinski definition) is 4. The van der Waals surface area contributed by atoms with Gasteiger partial charge in [0.25, 0.3) is 0 Å². The number of aromatic nitrogens is 1. The standard InChI is InChI=1S/C15H23N3O3/c1-2-3-4-5-9-17-13(15(20)21)10-14(19)18-12-7-6-8-16-11-12/h6-8,11,13,17H,2-5,9-10H2,1H3,(H,18,19)(H,20,21)/t13-/m0/s1. The van der Waals surface area contributed by atoms with Gasteiger partial charge < -0.3 is 20.5 Å². The van der Waals surface area contributed by atoms with Crippen molar-refractivity contribution in [3.63, 3.8) is 0 Å². The van der Waals surface area contributed by atoms with Crippen LogP contribution in [0.5, 0.6) is 0 Å². The number of aliphatic carboxylic acids is 1. The molecule has 0 bridgehead atoms. The van der Waals surface area contributed by atoms with E-state index in [1.165, 1.54) is 6.20 Å². The van der Waals surface area contributed by atoms with Crippen LogP contribution in [0.25, 0.3) is 0 Å². The molecule has 0 unspecified atom stereocenters. The molecule has 116 valence electrons. The van der Waals surface area contributed by atoms with Crippen LogP contribution in [0.2, 0.25) is 0 Å². The van der Waals surface area contributed by atoms with Crippen molar-refractivity contribution in [2.45, 2.75) is 45.1 Å². The van der Waals surface area contributed by atoms with Gasteiger partial charge >= 0.3 is 0 Å². The number of carbonyl (C=O) groups is 2. The molecule has 0 saturated heterocycles. The van der Waals surface area contributed by atoms with Gasteiger partial charge in [0, 0.05) is 6.20 Å². The molecule has 6 heteroatoms. The first-order valence-corrected chi connectivity index (χ1v) is 7.37. The number of amides is 1. The van der Waals surface area contributed by atoms with Crippen LogP contribution in [0.3, 0.4) is 0 Å². The summed E-state index contributed by atoms with van der Waals surface area (Å²) in [4.78, 5) is 26.8. The topological polar surface area (TPSA) is 98.7 Å². The second kappa shape index (κ2) is 9.88. The molecule has 6 nitrogen and oxygen atoms in total. The van der Waals surface area contributed by atoms with Crippen LogP contribution in [0.4, 0.5) is 5.69 Å². The Morgan fingerprint density at radius 3 is 2.81 bits per heavy atom. The molecule has 3 N–H and O–H groups in total. The molecule has 1 rings (SSSR count). The highest BCUT2D eigenvalue weighted by atomic mass is 16.4. The molecule has 0 aliphatic heterocycles. The number of carboxylic acids is 1. The van der Waals surface area contributed by atoms with Crippen molar-refractivity contribution in [1.29, 1.82) is 0 Å². The van der Waals surface area contributed by atoms with Crippen LogP contribution < -0.4 is 15.7 Å². The van der Waals surface area contributed by atoms with Gasteiger partial charge in [0.15, 0.2) is 0 Å². The van der Waals surface area contributed by atoms with Gasteiger partial charge in [-0.05, 0) is 25.0 Å².